The summed E-state index contributed by atoms with van der Waals surface area (Å²) in [6.07, 6.45) is -1.85. The van der Waals surface area contributed by atoms with Gasteiger partial charge >= 0.3 is 12.1 Å². The second-order valence-electron chi connectivity index (χ2n) is 11.0. The number of imide groups is 1. The average Bonchev–Trinajstić information content (AvgIpc) is 3.52. The molecule has 2 saturated heterocycles. The molecule has 0 saturated carbocycles. The normalized spacial score (nSPS) is 22.2. The molecule has 6 nitrogen and oxygen atoms in total. The Kier molecular flexibility index (Phi) is 6.61. The van der Waals surface area contributed by atoms with Crippen molar-refractivity contribution < 1.29 is 32.3 Å². The summed E-state index contributed by atoms with van der Waals surface area (Å²) in [5.74, 6) is -4.30. The predicted molar refractivity (Wildman–Crippen MR) is 157 cm³/mol. The third-order valence-corrected chi connectivity index (χ3v) is 8.53. The second kappa shape index (κ2) is 10.5. The van der Waals surface area contributed by atoms with E-state index >= 15 is 0 Å². The van der Waals surface area contributed by atoms with Gasteiger partial charge in [0.05, 0.1) is 29.1 Å². The number of nitrogens with zero attached hydrogens (tertiary/aromatic N) is 2. The Bertz CT molecular complexity index is 1750. The molecule has 4 unspecified atom stereocenters. The second-order valence-corrected chi connectivity index (χ2v) is 11.0. The molecule has 0 aromatic heterocycles. The lowest BCUT2D eigenvalue weighted by molar-refractivity contribution is -0.151. The van der Waals surface area contributed by atoms with Gasteiger partial charge in [-0.2, -0.15) is 13.2 Å². The molecule has 4 aromatic rings. The van der Waals surface area contributed by atoms with Crippen molar-refractivity contribution in [3.05, 3.63) is 138 Å². The molecule has 0 N–H and O–H groups in total. The van der Waals surface area contributed by atoms with Crippen LogP contribution in [0.2, 0.25) is 0 Å². The maximum absolute atomic E-state index is 14.4. The topological polar surface area (TPSA) is 66.9 Å². The van der Waals surface area contributed by atoms with E-state index in [0.717, 1.165) is 39.8 Å². The van der Waals surface area contributed by atoms with Crippen molar-refractivity contribution in [1.29, 1.82) is 0 Å². The third kappa shape index (κ3) is 4.47. The molecule has 0 aliphatic carbocycles. The summed E-state index contributed by atoms with van der Waals surface area (Å²) in [5, 5.41) is 0. The number of anilines is 2. The Morgan fingerprint density at radius 3 is 2.02 bits per heavy atom. The van der Waals surface area contributed by atoms with E-state index in [1.807, 2.05) is 84.9 Å². The molecular weight excluding hydrogens is 569 g/mol. The van der Waals surface area contributed by atoms with Crippen LogP contribution in [-0.4, -0.2) is 29.9 Å². The van der Waals surface area contributed by atoms with Crippen LogP contribution in [0, 0.1) is 11.8 Å². The lowest BCUT2D eigenvalue weighted by Crippen LogP contribution is -2.49. The number of fused-ring (bicyclic) bond motifs is 5. The van der Waals surface area contributed by atoms with Crippen molar-refractivity contribution in [3.63, 3.8) is 0 Å². The molecule has 0 bridgehead atoms. The molecule has 0 radical (unpaired) electrons. The summed E-state index contributed by atoms with van der Waals surface area (Å²) in [4.78, 5) is 45.0. The molecule has 3 heterocycles. The Hall–Kier alpha value is -5.18. The molecule has 3 aliphatic rings. The van der Waals surface area contributed by atoms with Crippen LogP contribution in [0.3, 0.4) is 0 Å². The maximum atomic E-state index is 14.4. The highest BCUT2D eigenvalue weighted by Gasteiger charge is 2.65. The van der Waals surface area contributed by atoms with Crippen molar-refractivity contribution in [3.8, 4) is 0 Å². The van der Waals surface area contributed by atoms with Gasteiger partial charge in [0, 0.05) is 5.69 Å². The first-order chi connectivity index (χ1) is 21.2. The van der Waals surface area contributed by atoms with Gasteiger partial charge < -0.3 is 9.64 Å². The molecule has 4 aromatic carbocycles. The number of alkyl halides is 3. The number of ether oxygens (including phenoxy) is 1. The first-order valence-corrected chi connectivity index (χ1v) is 14.1. The van der Waals surface area contributed by atoms with Gasteiger partial charge in [0.25, 0.3) is 0 Å². The van der Waals surface area contributed by atoms with Crippen LogP contribution in [0.25, 0.3) is 6.08 Å². The minimum atomic E-state index is -4.67. The van der Waals surface area contributed by atoms with Crippen LogP contribution < -0.4 is 9.80 Å². The summed E-state index contributed by atoms with van der Waals surface area (Å²) < 4.78 is 46.9. The molecule has 220 valence electrons. The lowest BCUT2D eigenvalue weighted by atomic mass is 9.88. The van der Waals surface area contributed by atoms with E-state index < -0.39 is 59.5 Å². The first-order valence-electron chi connectivity index (χ1n) is 14.1. The van der Waals surface area contributed by atoms with E-state index in [2.05, 4.69) is 0 Å². The van der Waals surface area contributed by atoms with Crippen molar-refractivity contribution in [2.75, 3.05) is 9.80 Å². The SMILES string of the molecule is O=C(OC(c1ccccc1)c1ccccc1)C1C2C(=O)N(c3cccc(C(F)(F)F)c3)C(=O)C2C2C=Cc3ccccc3N21. The molecule has 2 fully saturated rings. The molecule has 44 heavy (non-hydrogen) atoms. The number of hydrogen-bond donors (Lipinski definition) is 0. The van der Waals surface area contributed by atoms with Gasteiger partial charge in [-0.1, -0.05) is 97.1 Å². The van der Waals surface area contributed by atoms with Crippen LogP contribution in [0.5, 0.6) is 0 Å². The monoisotopic (exact) mass is 594 g/mol. The molecule has 9 heteroatoms. The maximum Gasteiger partial charge on any atom is 0.416 e. The largest absolute Gasteiger partial charge is 0.451 e. The van der Waals surface area contributed by atoms with Gasteiger partial charge in [-0.3, -0.25) is 9.59 Å². The first kappa shape index (κ1) is 27.6. The Labute approximate surface area is 251 Å². The zero-order valence-corrected chi connectivity index (χ0v) is 23.1. The number of benzene rings is 4. The Morgan fingerprint density at radius 2 is 1.36 bits per heavy atom. The third-order valence-electron chi connectivity index (χ3n) is 8.53. The fourth-order valence-corrected chi connectivity index (χ4v) is 6.63. The number of amides is 2. The molecule has 7 rings (SSSR count). The highest BCUT2D eigenvalue weighted by Crippen LogP contribution is 2.50. The van der Waals surface area contributed by atoms with Crippen molar-refractivity contribution in [1.82, 2.24) is 0 Å². The predicted octanol–water partition coefficient (Wildman–Crippen LogP) is 6.43. The smallest absolute Gasteiger partial charge is 0.416 e. The van der Waals surface area contributed by atoms with E-state index in [0.29, 0.717) is 5.69 Å². The molecular formula is C35H25F3N2O4. The average molecular weight is 595 g/mol. The van der Waals surface area contributed by atoms with Crippen molar-refractivity contribution in [2.24, 2.45) is 11.8 Å². The van der Waals surface area contributed by atoms with Crippen molar-refractivity contribution in [2.45, 2.75) is 24.4 Å². The minimum absolute atomic E-state index is 0.186. The number of rotatable bonds is 5. The Balaban J connectivity index is 1.31. The van der Waals surface area contributed by atoms with Crippen LogP contribution in [0.4, 0.5) is 24.5 Å². The van der Waals surface area contributed by atoms with E-state index in [9.17, 15) is 27.6 Å². The Morgan fingerprint density at radius 1 is 0.750 bits per heavy atom. The molecule has 2 amide bonds. The zero-order valence-electron chi connectivity index (χ0n) is 23.1. The van der Waals surface area contributed by atoms with Gasteiger partial charge in [-0.25, -0.2) is 9.69 Å². The van der Waals surface area contributed by atoms with Crippen molar-refractivity contribution >= 4 is 35.2 Å². The fourth-order valence-electron chi connectivity index (χ4n) is 6.63. The fraction of sp³-hybridized carbons (Fsp3) is 0.171. The highest BCUT2D eigenvalue weighted by atomic mass is 19.4. The van der Waals surface area contributed by atoms with E-state index in [1.165, 1.54) is 6.07 Å². The van der Waals surface area contributed by atoms with Gasteiger partial charge in [-0.05, 0) is 41.0 Å². The van der Waals surface area contributed by atoms with Gasteiger partial charge in [0.2, 0.25) is 11.8 Å². The summed E-state index contributed by atoms with van der Waals surface area (Å²) in [7, 11) is 0. The van der Waals surface area contributed by atoms with Gasteiger partial charge in [0.15, 0.2) is 6.10 Å². The summed E-state index contributed by atoms with van der Waals surface area (Å²) in [6, 6.07) is 27.9. The molecule has 0 spiro atoms. The summed E-state index contributed by atoms with van der Waals surface area (Å²) in [6.45, 7) is 0. The van der Waals surface area contributed by atoms with Crippen LogP contribution >= 0.6 is 0 Å². The van der Waals surface area contributed by atoms with E-state index in [1.54, 1.807) is 17.0 Å². The highest BCUT2D eigenvalue weighted by molar-refractivity contribution is 6.24. The quantitative estimate of drug-likeness (QED) is 0.197. The lowest BCUT2D eigenvalue weighted by Gasteiger charge is -2.36. The number of hydrogen-bond acceptors (Lipinski definition) is 5. The molecule has 3 aliphatic heterocycles. The number of esters is 1. The minimum Gasteiger partial charge on any atom is -0.451 e. The zero-order chi connectivity index (χ0) is 30.6. The number of para-hydroxylation sites is 1. The van der Waals surface area contributed by atoms with Crippen LogP contribution in [-0.2, 0) is 25.3 Å². The van der Waals surface area contributed by atoms with Crippen LogP contribution in [0.1, 0.15) is 28.4 Å². The van der Waals surface area contributed by atoms with Gasteiger partial charge in [0.1, 0.15) is 6.04 Å². The summed E-state index contributed by atoms with van der Waals surface area (Å²) in [5.41, 5.74) is 1.74. The van der Waals surface area contributed by atoms with Gasteiger partial charge in [-0.15, -0.1) is 0 Å². The summed E-state index contributed by atoms with van der Waals surface area (Å²) >= 11 is 0. The van der Waals surface area contributed by atoms with E-state index in [-0.39, 0.29) is 5.69 Å². The molecule has 4 atom stereocenters. The number of halogens is 3. The van der Waals surface area contributed by atoms with E-state index in [4.69, 9.17) is 4.74 Å². The number of carbonyl (C=O) groups excluding carboxylic acids is 3. The van der Waals surface area contributed by atoms with Crippen LogP contribution in [0.15, 0.2) is 115 Å². The standard InChI is InChI=1S/C35H25F3N2O4/c36-35(37,38)24-15-9-16-25(20-24)39-32(41)28-27-19-18-21-10-7-8-17-26(21)40(27)30(29(28)33(39)42)34(43)44-31(22-11-3-1-4-12-22)23-13-5-2-6-14-23/h1-20,27-31H. The number of carbonyl (C=O) groups is 3.